The third kappa shape index (κ3) is 4.12. The van der Waals surface area contributed by atoms with Gasteiger partial charge in [-0.05, 0) is 48.0 Å². The van der Waals surface area contributed by atoms with Crippen molar-refractivity contribution in [3.63, 3.8) is 0 Å². The summed E-state index contributed by atoms with van der Waals surface area (Å²) >= 11 is 3.43. The summed E-state index contributed by atoms with van der Waals surface area (Å²) in [4.78, 5) is 2.11. The maximum atomic E-state index is 14.0. The lowest BCUT2D eigenvalue weighted by atomic mass is 9.97. The van der Waals surface area contributed by atoms with Crippen molar-refractivity contribution in [1.82, 2.24) is 4.31 Å². The van der Waals surface area contributed by atoms with Crippen LogP contribution in [0.3, 0.4) is 0 Å². The summed E-state index contributed by atoms with van der Waals surface area (Å²) in [5.41, 5.74) is -2.88. The lowest BCUT2D eigenvalue weighted by Crippen LogP contribution is -2.43. The normalized spacial score (nSPS) is 19.0. The van der Waals surface area contributed by atoms with Crippen molar-refractivity contribution in [3.05, 3.63) is 47.3 Å². The van der Waals surface area contributed by atoms with Gasteiger partial charge >= 0.3 is 6.18 Å². The van der Waals surface area contributed by atoms with E-state index in [4.69, 9.17) is 0 Å². The molecule has 2 heterocycles. The second-order valence-electron chi connectivity index (χ2n) is 5.99. The van der Waals surface area contributed by atoms with Crippen molar-refractivity contribution in [3.8, 4) is 0 Å². The molecule has 0 spiro atoms. The molecule has 0 saturated carbocycles. The van der Waals surface area contributed by atoms with Crippen LogP contribution in [0.5, 0.6) is 0 Å². The average Bonchev–Trinajstić information content (AvgIpc) is 3.08. The van der Waals surface area contributed by atoms with Gasteiger partial charge in [0, 0.05) is 31.9 Å². The Kier molecular flexibility index (Phi) is 5.31. The molecule has 1 aromatic heterocycles. The van der Waals surface area contributed by atoms with Crippen molar-refractivity contribution in [1.29, 1.82) is 0 Å². The Morgan fingerprint density at radius 2 is 1.60 bits per heavy atom. The molecule has 0 aliphatic carbocycles. The van der Waals surface area contributed by atoms with Crippen molar-refractivity contribution >= 4 is 29.0 Å². The van der Waals surface area contributed by atoms with Gasteiger partial charge in [0.1, 0.15) is 0 Å². The summed E-state index contributed by atoms with van der Waals surface area (Å²) < 4.78 is 55.8. The van der Waals surface area contributed by atoms with E-state index in [0.717, 1.165) is 31.9 Å². The molecule has 0 N–H and O–H groups in total. The van der Waals surface area contributed by atoms with E-state index in [0.29, 0.717) is 6.92 Å². The Hall–Kier alpha value is -1.25. The molecule has 25 heavy (non-hydrogen) atoms. The number of thiophene rings is 1. The van der Waals surface area contributed by atoms with Crippen LogP contribution in [0.4, 0.5) is 23.2 Å². The standard InChI is InChI=1S/C17H18F4N2S2/c1-16(18,17(19,20)21)13-4-6-14(7-5-13)22-8-10-23(11-9-22)25-15-3-2-12-24-15/h2-7,12H,8-11H2,1H3/t16-/m1/s1. The molecule has 1 aliphatic rings. The van der Waals surface area contributed by atoms with Crippen molar-refractivity contribution in [2.75, 3.05) is 31.1 Å². The molecule has 1 saturated heterocycles. The Bertz CT molecular complexity index is 676. The Morgan fingerprint density at radius 3 is 2.12 bits per heavy atom. The van der Waals surface area contributed by atoms with Gasteiger partial charge in [-0.2, -0.15) is 13.2 Å². The van der Waals surface area contributed by atoms with Gasteiger partial charge in [-0.3, -0.25) is 0 Å². The lowest BCUT2D eigenvalue weighted by molar-refractivity contribution is -0.228. The van der Waals surface area contributed by atoms with Crippen LogP contribution >= 0.6 is 23.3 Å². The number of rotatable bonds is 4. The topological polar surface area (TPSA) is 6.48 Å². The Labute approximate surface area is 152 Å². The molecule has 2 nitrogen and oxygen atoms in total. The molecule has 1 fully saturated rings. The molecule has 0 radical (unpaired) electrons. The summed E-state index contributed by atoms with van der Waals surface area (Å²) in [6.07, 6.45) is -4.92. The molecule has 0 unspecified atom stereocenters. The van der Waals surface area contributed by atoms with Crippen LogP contribution in [0.1, 0.15) is 12.5 Å². The molecule has 0 amide bonds. The second kappa shape index (κ2) is 7.17. The highest BCUT2D eigenvalue weighted by molar-refractivity contribution is 7.98. The van der Waals surface area contributed by atoms with Gasteiger partial charge in [0.25, 0.3) is 0 Å². The summed E-state index contributed by atoms with van der Waals surface area (Å²) in [6, 6.07) is 9.70. The number of piperazine rings is 1. The predicted molar refractivity (Wildman–Crippen MR) is 94.9 cm³/mol. The fourth-order valence-corrected chi connectivity index (χ4v) is 4.47. The van der Waals surface area contributed by atoms with Crippen LogP contribution in [0, 0.1) is 0 Å². The summed E-state index contributed by atoms with van der Waals surface area (Å²) in [7, 11) is 0. The third-order valence-electron chi connectivity index (χ3n) is 4.26. The highest BCUT2D eigenvalue weighted by Gasteiger charge is 2.53. The van der Waals surface area contributed by atoms with Crippen molar-refractivity contribution in [2.24, 2.45) is 0 Å². The predicted octanol–water partition coefficient (Wildman–Crippen LogP) is 5.32. The van der Waals surface area contributed by atoms with E-state index in [9.17, 15) is 17.6 Å². The van der Waals surface area contributed by atoms with E-state index in [2.05, 4.69) is 15.3 Å². The maximum absolute atomic E-state index is 14.0. The fraction of sp³-hybridized carbons (Fsp3) is 0.412. The van der Waals surface area contributed by atoms with Gasteiger partial charge in [-0.15, -0.1) is 11.3 Å². The smallest absolute Gasteiger partial charge is 0.369 e. The maximum Gasteiger partial charge on any atom is 0.426 e. The summed E-state index contributed by atoms with van der Waals surface area (Å²) in [5, 5.41) is 2.04. The van der Waals surface area contributed by atoms with Gasteiger partial charge in [-0.25, -0.2) is 8.70 Å². The number of halogens is 4. The lowest BCUT2D eigenvalue weighted by Gasteiger charge is -2.35. The Morgan fingerprint density at radius 1 is 0.960 bits per heavy atom. The number of anilines is 1. The summed E-state index contributed by atoms with van der Waals surface area (Å²) in [5.74, 6) is 0. The molecule has 3 rings (SSSR count). The highest BCUT2D eigenvalue weighted by Crippen LogP contribution is 2.42. The van der Waals surface area contributed by atoms with E-state index in [1.165, 1.54) is 16.3 Å². The van der Waals surface area contributed by atoms with Crippen LogP contribution in [-0.4, -0.2) is 36.7 Å². The SMILES string of the molecule is C[C@@](F)(c1ccc(N2CCN(Sc3cccs3)CC2)cc1)C(F)(F)F. The first-order valence-corrected chi connectivity index (χ1v) is 9.50. The van der Waals surface area contributed by atoms with E-state index in [1.54, 1.807) is 35.4 Å². The number of benzene rings is 1. The molecule has 136 valence electrons. The van der Waals surface area contributed by atoms with Gasteiger partial charge in [-0.1, -0.05) is 18.2 Å². The highest BCUT2D eigenvalue weighted by atomic mass is 32.2. The van der Waals surface area contributed by atoms with Gasteiger partial charge in [0.05, 0.1) is 4.21 Å². The van der Waals surface area contributed by atoms with Gasteiger partial charge in [0.2, 0.25) is 5.67 Å². The minimum Gasteiger partial charge on any atom is -0.369 e. The minimum atomic E-state index is -4.92. The van der Waals surface area contributed by atoms with Gasteiger partial charge in [0.15, 0.2) is 0 Å². The minimum absolute atomic E-state index is 0.365. The number of alkyl halides is 4. The van der Waals surface area contributed by atoms with Crippen LogP contribution < -0.4 is 4.90 Å². The molecular weight excluding hydrogens is 372 g/mol. The quantitative estimate of drug-likeness (QED) is 0.515. The average molecular weight is 390 g/mol. The van der Waals surface area contributed by atoms with E-state index in [-0.39, 0.29) is 5.56 Å². The molecule has 8 heteroatoms. The van der Waals surface area contributed by atoms with E-state index >= 15 is 0 Å². The van der Waals surface area contributed by atoms with Crippen LogP contribution in [0.2, 0.25) is 0 Å². The third-order valence-corrected chi connectivity index (χ3v) is 6.37. The molecule has 1 atom stereocenters. The van der Waals surface area contributed by atoms with Crippen LogP contribution in [0.25, 0.3) is 0 Å². The van der Waals surface area contributed by atoms with E-state index < -0.39 is 11.8 Å². The zero-order valence-electron chi connectivity index (χ0n) is 13.6. The van der Waals surface area contributed by atoms with Gasteiger partial charge < -0.3 is 4.90 Å². The molecular formula is C17H18F4N2S2. The molecule has 1 aliphatic heterocycles. The van der Waals surface area contributed by atoms with E-state index in [1.807, 2.05) is 11.4 Å². The second-order valence-corrected chi connectivity index (χ2v) is 8.33. The van der Waals surface area contributed by atoms with Crippen LogP contribution in [0.15, 0.2) is 46.0 Å². The van der Waals surface area contributed by atoms with Crippen molar-refractivity contribution < 1.29 is 17.6 Å². The number of hydrogen-bond donors (Lipinski definition) is 0. The number of nitrogens with zero attached hydrogens (tertiary/aromatic N) is 2. The monoisotopic (exact) mass is 390 g/mol. The molecule has 2 aromatic rings. The summed E-state index contributed by atoms with van der Waals surface area (Å²) in [6.45, 7) is 3.83. The largest absolute Gasteiger partial charge is 0.426 e. The zero-order valence-corrected chi connectivity index (χ0v) is 15.2. The molecule has 1 aromatic carbocycles. The fourth-order valence-electron chi connectivity index (χ4n) is 2.63. The number of hydrogen-bond acceptors (Lipinski definition) is 4. The first-order chi connectivity index (χ1) is 11.8. The van der Waals surface area contributed by atoms with Crippen molar-refractivity contribution in [2.45, 2.75) is 23.0 Å². The van der Waals surface area contributed by atoms with Crippen LogP contribution in [-0.2, 0) is 5.67 Å². The first-order valence-electron chi connectivity index (χ1n) is 7.85. The first kappa shape index (κ1) is 18.5. The molecule has 0 bridgehead atoms. The Balaban J connectivity index is 1.60. The zero-order chi connectivity index (χ0) is 18.1.